The molecule has 2 aromatic rings. The summed E-state index contributed by atoms with van der Waals surface area (Å²) >= 11 is 0. The van der Waals surface area contributed by atoms with Crippen LogP contribution in [0.3, 0.4) is 0 Å². The van der Waals surface area contributed by atoms with Crippen molar-refractivity contribution in [3.8, 4) is 0 Å². The maximum Gasteiger partial charge on any atom is 0.127 e. The van der Waals surface area contributed by atoms with Crippen LogP contribution in [-0.4, -0.2) is 0 Å². The molecule has 0 saturated carbocycles. The van der Waals surface area contributed by atoms with Crippen LogP contribution in [0.15, 0.2) is 40.8 Å². The van der Waals surface area contributed by atoms with Gasteiger partial charge in [0.15, 0.2) is 0 Å². The van der Waals surface area contributed by atoms with Crippen LogP contribution in [0.1, 0.15) is 24.0 Å². The minimum absolute atomic E-state index is 0.173. The van der Waals surface area contributed by atoms with Crippen molar-refractivity contribution in [2.24, 2.45) is 0 Å². The monoisotopic (exact) mass is 233 g/mol. The van der Waals surface area contributed by atoms with E-state index in [1.807, 2.05) is 18.2 Å². The molecule has 0 aliphatic carbocycles. The third-order valence-electron chi connectivity index (χ3n) is 2.64. The molecule has 1 N–H and O–H groups in total. The van der Waals surface area contributed by atoms with E-state index < -0.39 is 0 Å². The number of halogens is 1. The average Bonchev–Trinajstić information content (AvgIpc) is 2.80. The van der Waals surface area contributed by atoms with E-state index in [1.54, 1.807) is 12.1 Å². The third kappa shape index (κ3) is 3.17. The highest BCUT2D eigenvalue weighted by Gasteiger charge is 2.02. The fourth-order valence-electron chi connectivity index (χ4n) is 1.67. The Hall–Kier alpha value is -1.61. The molecule has 0 aliphatic rings. The first kappa shape index (κ1) is 11.9. The highest BCUT2D eigenvalue weighted by molar-refractivity contribution is 5.17. The Morgan fingerprint density at radius 1 is 1.06 bits per heavy atom. The summed E-state index contributed by atoms with van der Waals surface area (Å²) in [5.41, 5.74) is 0.676. The largest absolute Gasteiger partial charge is 0.465 e. The van der Waals surface area contributed by atoms with Crippen LogP contribution in [-0.2, 0) is 19.5 Å². The van der Waals surface area contributed by atoms with E-state index in [2.05, 4.69) is 12.2 Å². The summed E-state index contributed by atoms with van der Waals surface area (Å²) in [6.07, 6.45) is 0.896. The molecule has 2 nitrogen and oxygen atoms in total. The zero-order valence-electron chi connectivity index (χ0n) is 9.87. The number of furan rings is 1. The van der Waals surface area contributed by atoms with E-state index in [1.165, 1.54) is 6.07 Å². The van der Waals surface area contributed by atoms with E-state index >= 15 is 0 Å². The lowest BCUT2D eigenvalue weighted by Crippen LogP contribution is -2.13. The molecule has 0 atom stereocenters. The Balaban J connectivity index is 1.85. The number of benzene rings is 1. The minimum Gasteiger partial charge on any atom is -0.465 e. The zero-order valence-corrected chi connectivity index (χ0v) is 9.87. The molecule has 1 heterocycles. The number of hydrogen-bond donors (Lipinski definition) is 1. The molecular formula is C14H16FNO. The summed E-state index contributed by atoms with van der Waals surface area (Å²) < 4.78 is 18.9. The lowest BCUT2D eigenvalue weighted by Gasteiger charge is -2.04. The van der Waals surface area contributed by atoms with Crippen LogP contribution in [0.2, 0.25) is 0 Å². The molecule has 17 heavy (non-hydrogen) atoms. The van der Waals surface area contributed by atoms with E-state index in [4.69, 9.17) is 4.42 Å². The van der Waals surface area contributed by atoms with Gasteiger partial charge in [0.25, 0.3) is 0 Å². The Morgan fingerprint density at radius 2 is 1.82 bits per heavy atom. The second kappa shape index (κ2) is 5.64. The smallest absolute Gasteiger partial charge is 0.127 e. The van der Waals surface area contributed by atoms with Crippen molar-refractivity contribution in [1.82, 2.24) is 5.32 Å². The maximum atomic E-state index is 13.3. The van der Waals surface area contributed by atoms with Crippen molar-refractivity contribution in [1.29, 1.82) is 0 Å². The number of rotatable bonds is 5. The fourth-order valence-corrected chi connectivity index (χ4v) is 1.67. The molecule has 0 aliphatic heterocycles. The second-order valence-corrected chi connectivity index (χ2v) is 3.92. The second-order valence-electron chi connectivity index (χ2n) is 3.92. The van der Waals surface area contributed by atoms with Crippen molar-refractivity contribution in [3.63, 3.8) is 0 Å². The number of nitrogens with one attached hydrogen (secondary N) is 1. The van der Waals surface area contributed by atoms with Crippen LogP contribution < -0.4 is 5.32 Å². The molecule has 2 rings (SSSR count). The molecule has 0 spiro atoms. The number of aryl methyl sites for hydroxylation is 1. The Bertz CT molecular complexity index is 479. The maximum absolute atomic E-state index is 13.3. The lowest BCUT2D eigenvalue weighted by molar-refractivity contribution is 0.448. The van der Waals surface area contributed by atoms with Crippen LogP contribution in [0.25, 0.3) is 0 Å². The van der Waals surface area contributed by atoms with E-state index in [9.17, 15) is 4.39 Å². The minimum atomic E-state index is -0.173. The molecular weight excluding hydrogens is 217 g/mol. The van der Waals surface area contributed by atoms with E-state index in [0.29, 0.717) is 18.7 Å². The Kier molecular flexibility index (Phi) is 3.94. The Morgan fingerprint density at radius 3 is 2.53 bits per heavy atom. The van der Waals surface area contributed by atoms with Crippen molar-refractivity contribution < 1.29 is 8.81 Å². The molecule has 1 aromatic carbocycles. The van der Waals surface area contributed by atoms with Crippen LogP contribution in [0.4, 0.5) is 4.39 Å². The van der Waals surface area contributed by atoms with E-state index in [0.717, 1.165) is 17.9 Å². The summed E-state index contributed by atoms with van der Waals surface area (Å²) in [4.78, 5) is 0. The van der Waals surface area contributed by atoms with Gasteiger partial charge in [-0.3, -0.25) is 0 Å². The van der Waals surface area contributed by atoms with Gasteiger partial charge in [0.05, 0.1) is 6.54 Å². The predicted octanol–water partition coefficient (Wildman–Crippen LogP) is 3.27. The predicted molar refractivity (Wildman–Crippen MR) is 65.0 cm³/mol. The molecule has 0 fully saturated rings. The van der Waals surface area contributed by atoms with Crippen molar-refractivity contribution in [2.45, 2.75) is 26.4 Å². The van der Waals surface area contributed by atoms with Crippen LogP contribution in [0.5, 0.6) is 0 Å². The summed E-state index contributed by atoms with van der Waals surface area (Å²) in [5.74, 6) is 1.69. The molecule has 90 valence electrons. The average molecular weight is 233 g/mol. The highest BCUT2D eigenvalue weighted by Crippen LogP contribution is 2.09. The first-order chi connectivity index (χ1) is 8.29. The van der Waals surface area contributed by atoms with Gasteiger partial charge in [-0.05, 0) is 18.2 Å². The first-order valence-corrected chi connectivity index (χ1v) is 5.81. The van der Waals surface area contributed by atoms with Gasteiger partial charge < -0.3 is 9.73 Å². The fraction of sp³-hybridized carbons (Fsp3) is 0.286. The topological polar surface area (TPSA) is 25.2 Å². The highest BCUT2D eigenvalue weighted by atomic mass is 19.1. The Labute approximate surface area is 100 Å². The summed E-state index contributed by atoms with van der Waals surface area (Å²) in [6, 6.07) is 10.7. The van der Waals surface area contributed by atoms with Crippen molar-refractivity contribution >= 4 is 0 Å². The van der Waals surface area contributed by atoms with Gasteiger partial charge in [0.2, 0.25) is 0 Å². The summed E-state index contributed by atoms with van der Waals surface area (Å²) in [6.45, 7) is 3.18. The van der Waals surface area contributed by atoms with Crippen molar-refractivity contribution in [2.75, 3.05) is 0 Å². The molecule has 0 bridgehead atoms. The third-order valence-corrected chi connectivity index (χ3v) is 2.64. The van der Waals surface area contributed by atoms with Gasteiger partial charge in [-0.1, -0.05) is 25.1 Å². The van der Waals surface area contributed by atoms with Gasteiger partial charge >= 0.3 is 0 Å². The quantitative estimate of drug-likeness (QED) is 0.857. The molecule has 0 amide bonds. The summed E-state index contributed by atoms with van der Waals surface area (Å²) in [5, 5.41) is 3.16. The zero-order chi connectivity index (χ0) is 12.1. The molecule has 0 radical (unpaired) electrons. The van der Waals surface area contributed by atoms with Gasteiger partial charge in [0, 0.05) is 18.5 Å². The summed E-state index contributed by atoms with van der Waals surface area (Å²) in [7, 11) is 0. The molecule has 3 heteroatoms. The SMILES string of the molecule is CCc1ccc(CNCc2ccccc2F)o1. The first-order valence-electron chi connectivity index (χ1n) is 5.81. The van der Waals surface area contributed by atoms with Gasteiger partial charge in [0.1, 0.15) is 17.3 Å². The van der Waals surface area contributed by atoms with Gasteiger partial charge in [-0.2, -0.15) is 0 Å². The van der Waals surface area contributed by atoms with Gasteiger partial charge in [-0.25, -0.2) is 4.39 Å². The van der Waals surface area contributed by atoms with Crippen molar-refractivity contribution in [3.05, 3.63) is 59.3 Å². The van der Waals surface area contributed by atoms with Crippen LogP contribution in [0, 0.1) is 5.82 Å². The number of hydrogen-bond acceptors (Lipinski definition) is 2. The normalized spacial score (nSPS) is 10.7. The molecule has 0 saturated heterocycles. The molecule has 1 aromatic heterocycles. The molecule has 0 unspecified atom stereocenters. The van der Waals surface area contributed by atoms with Gasteiger partial charge in [-0.15, -0.1) is 0 Å². The van der Waals surface area contributed by atoms with Crippen LogP contribution >= 0.6 is 0 Å². The van der Waals surface area contributed by atoms with E-state index in [-0.39, 0.29) is 5.82 Å². The standard InChI is InChI=1S/C14H16FNO/c1-2-12-7-8-13(17-12)10-16-9-11-5-3-4-6-14(11)15/h3-8,16H,2,9-10H2,1H3. The lowest BCUT2D eigenvalue weighted by atomic mass is 10.2.